The van der Waals surface area contributed by atoms with E-state index in [9.17, 15) is 31.1 Å². The molecular weight excluding hydrogens is 452 g/mol. The van der Waals surface area contributed by atoms with Crippen molar-refractivity contribution in [2.45, 2.75) is 51.7 Å². The summed E-state index contributed by atoms with van der Waals surface area (Å²) < 4.78 is 79.7. The van der Waals surface area contributed by atoms with Gasteiger partial charge in [0.25, 0.3) is 6.10 Å². The summed E-state index contributed by atoms with van der Waals surface area (Å²) in [5.74, 6) is 0.718. The summed E-state index contributed by atoms with van der Waals surface area (Å²) in [5, 5.41) is 0. The number of ether oxygens (including phenoxy) is 1. The normalized spacial score (nSPS) is 19.3. The summed E-state index contributed by atoms with van der Waals surface area (Å²) in [5.41, 5.74) is 3.45. The van der Waals surface area contributed by atoms with E-state index in [-0.39, 0.29) is 13.1 Å². The molecule has 1 aromatic rings. The maximum absolute atomic E-state index is 12.6. The standard InChI is InChI=1S/C22H29F6N3O2/c1-15-6-8-30(9-7-15)18-5-3-4-17(16(18)2)14-29-10-12-31(13-11-29)20(32)33-19(21(23,24)25)22(26,27)28/h3-5,15,19H,6-14H2,1-2H3. The number of amides is 1. The Kier molecular flexibility index (Phi) is 7.70. The van der Waals surface area contributed by atoms with Crippen LogP contribution in [0, 0.1) is 12.8 Å². The van der Waals surface area contributed by atoms with Crippen LogP contribution in [0.3, 0.4) is 0 Å². The highest BCUT2D eigenvalue weighted by molar-refractivity contribution is 5.68. The van der Waals surface area contributed by atoms with Crippen molar-refractivity contribution in [3.05, 3.63) is 29.3 Å². The molecule has 0 unspecified atom stereocenters. The molecule has 0 bridgehead atoms. The van der Waals surface area contributed by atoms with Crippen molar-refractivity contribution in [2.75, 3.05) is 44.2 Å². The number of anilines is 1. The van der Waals surface area contributed by atoms with Gasteiger partial charge in [-0.05, 0) is 42.9 Å². The quantitative estimate of drug-likeness (QED) is 0.569. The molecule has 0 saturated carbocycles. The Balaban J connectivity index is 1.56. The third-order valence-corrected chi connectivity index (χ3v) is 6.38. The smallest absolute Gasteiger partial charge is 0.426 e. The molecule has 0 atom stereocenters. The molecule has 0 N–H and O–H groups in total. The second-order valence-electron chi connectivity index (χ2n) is 8.84. The number of carbonyl (C=O) groups excluding carboxylic acids is 1. The maximum Gasteiger partial charge on any atom is 0.434 e. The second-order valence-corrected chi connectivity index (χ2v) is 8.84. The van der Waals surface area contributed by atoms with Gasteiger partial charge in [-0.1, -0.05) is 19.1 Å². The fourth-order valence-corrected chi connectivity index (χ4v) is 4.26. The SMILES string of the molecule is Cc1c(CN2CCN(C(=O)OC(C(F)(F)F)C(F)(F)F)CC2)cccc1N1CCC(C)CC1. The van der Waals surface area contributed by atoms with E-state index in [1.807, 2.05) is 17.0 Å². The fourth-order valence-electron chi connectivity index (χ4n) is 4.26. The zero-order chi connectivity index (χ0) is 24.4. The summed E-state index contributed by atoms with van der Waals surface area (Å²) >= 11 is 0. The molecule has 1 amide bonds. The van der Waals surface area contributed by atoms with Gasteiger partial charge in [-0.3, -0.25) is 4.90 Å². The summed E-state index contributed by atoms with van der Waals surface area (Å²) in [6.07, 6.45) is -14.9. The molecule has 3 rings (SSSR count). The lowest BCUT2D eigenvalue weighted by molar-refractivity contribution is -0.308. The lowest BCUT2D eigenvalue weighted by atomic mass is 9.97. The molecule has 0 spiro atoms. The Morgan fingerprint density at radius 2 is 1.58 bits per heavy atom. The fraction of sp³-hybridized carbons (Fsp3) is 0.682. The maximum atomic E-state index is 12.6. The molecule has 2 aliphatic heterocycles. The minimum atomic E-state index is -5.72. The Morgan fingerprint density at radius 3 is 2.12 bits per heavy atom. The van der Waals surface area contributed by atoms with Crippen molar-refractivity contribution in [3.63, 3.8) is 0 Å². The Morgan fingerprint density at radius 1 is 1.00 bits per heavy atom. The van der Waals surface area contributed by atoms with Gasteiger partial charge in [0.1, 0.15) is 0 Å². The number of hydrogen-bond acceptors (Lipinski definition) is 4. The van der Waals surface area contributed by atoms with E-state index in [4.69, 9.17) is 0 Å². The first kappa shape index (κ1) is 25.5. The number of rotatable bonds is 4. The highest BCUT2D eigenvalue weighted by Gasteiger charge is 2.60. The van der Waals surface area contributed by atoms with E-state index in [1.54, 1.807) is 0 Å². The average Bonchev–Trinajstić information content (AvgIpc) is 2.73. The van der Waals surface area contributed by atoms with Gasteiger partial charge < -0.3 is 14.5 Å². The van der Waals surface area contributed by atoms with Crippen LogP contribution in [0.4, 0.5) is 36.8 Å². The lowest BCUT2D eigenvalue weighted by Crippen LogP contribution is -2.52. The van der Waals surface area contributed by atoms with Crippen LogP contribution in [-0.2, 0) is 11.3 Å². The molecule has 33 heavy (non-hydrogen) atoms. The Labute approximate surface area is 189 Å². The van der Waals surface area contributed by atoms with Crippen LogP contribution in [0.5, 0.6) is 0 Å². The first-order chi connectivity index (χ1) is 15.4. The molecule has 2 fully saturated rings. The summed E-state index contributed by atoms with van der Waals surface area (Å²) in [4.78, 5) is 17.2. The Hall–Kier alpha value is -2.17. The monoisotopic (exact) mass is 481 g/mol. The number of carbonyl (C=O) groups is 1. The van der Waals surface area contributed by atoms with E-state index in [2.05, 4.69) is 29.6 Å². The second kappa shape index (κ2) is 9.99. The van der Waals surface area contributed by atoms with Gasteiger partial charge in [-0.25, -0.2) is 4.79 Å². The van der Waals surface area contributed by atoms with Gasteiger partial charge in [-0.15, -0.1) is 0 Å². The van der Waals surface area contributed by atoms with Gasteiger partial charge in [0.2, 0.25) is 0 Å². The van der Waals surface area contributed by atoms with Crippen molar-refractivity contribution in [1.82, 2.24) is 9.80 Å². The van der Waals surface area contributed by atoms with E-state index >= 15 is 0 Å². The zero-order valence-corrected chi connectivity index (χ0v) is 18.7. The molecule has 2 saturated heterocycles. The molecule has 0 aliphatic carbocycles. The number of alkyl halides is 6. The third-order valence-electron chi connectivity index (χ3n) is 6.38. The topological polar surface area (TPSA) is 36.0 Å². The van der Waals surface area contributed by atoms with Gasteiger partial charge in [-0.2, -0.15) is 26.3 Å². The van der Waals surface area contributed by atoms with Crippen LogP contribution >= 0.6 is 0 Å². The van der Waals surface area contributed by atoms with E-state index in [1.165, 1.54) is 5.69 Å². The van der Waals surface area contributed by atoms with Crippen LogP contribution in [0.2, 0.25) is 0 Å². The van der Waals surface area contributed by atoms with Crippen LogP contribution in [-0.4, -0.2) is 73.6 Å². The number of nitrogens with zero attached hydrogens (tertiary/aromatic N) is 3. The molecule has 186 valence electrons. The number of hydrogen-bond donors (Lipinski definition) is 0. The van der Waals surface area contributed by atoms with E-state index in [0.29, 0.717) is 19.6 Å². The van der Waals surface area contributed by atoms with Crippen molar-refractivity contribution in [3.8, 4) is 0 Å². The molecule has 1 aromatic carbocycles. The molecule has 0 radical (unpaired) electrons. The van der Waals surface area contributed by atoms with Crippen LogP contribution in [0.1, 0.15) is 30.9 Å². The van der Waals surface area contributed by atoms with Gasteiger partial charge in [0.05, 0.1) is 0 Å². The van der Waals surface area contributed by atoms with Gasteiger partial charge >= 0.3 is 18.4 Å². The highest BCUT2D eigenvalue weighted by Crippen LogP contribution is 2.36. The van der Waals surface area contributed by atoms with Gasteiger partial charge in [0.15, 0.2) is 0 Å². The molecule has 11 heteroatoms. The summed E-state index contributed by atoms with van der Waals surface area (Å²) in [7, 11) is 0. The number of piperazine rings is 1. The predicted octanol–water partition coefficient (Wildman–Crippen LogP) is 4.98. The largest absolute Gasteiger partial charge is 0.434 e. The highest BCUT2D eigenvalue weighted by atomic mass is 19.4. The predicted molar refractivity (Wildman–Crippen MR) is 111 cm³/mol. The minimum absolute atomic E-state index is 0.00990. The minimum Gasteiger partial charge on any atom is -0.426 e. The van der Waals surface area contributed by atoms with Crippen LogP contribution in [0.15, 0.2) is 18.2 Å². The van der Waals surface area contributed by atoms with Gasteiger partial charge in [0, 0.05) is 51.5 Å². The molecule has 0 aromatic heterocycles. The molecular formula is C22H29F6N3O2. The number of piperidine rings is 1. The molecule has 2 heterocycles. The van der Waals surface area contributed by atoms with Crippen LogP contribution in [0.25, 0.3) is 0 Å². The first-order valence-electron chi connectivity index (χ1n) is 11.0. The van der Waals surface area contributed by atoms with Crippen molar-refractivity contribution in [2.24, 2.45) is 5.92 Å². The van der Waals surface area contributed by atoms with E-state index in [0.717, 1.165) is 47.9 Å². The first-order valence-corrected chi connectivity index (χ1v) is 11.0. The molecule has 5 nitrogen and oxygen atoms in total. The molecule has 2 aliphatic rings. The lowest BCUT2D eigenvalue weighted by Gasteiger charge is -2.36. The average molecular weight is 481 g/mol. The Bertz CT molecular complexity index is 799. The van der Waals surface area contributed by atoms with Crippen molar-refractivity contribution in [1.29, 1.82) is 0 Å². The van der Waals surface area contributed by atoms with E-state index < -0.39 is 24.5 Å². The van der Waals surface area contributed by atoms with Crippen molar-refractivity contribution >= 4 is 11.8 Å². The summed E-state index contributed by atoms with van der Waals surface area (Å²) in [6.45, 7) is 7.53. The summed E-state index contributed by atoms with van der Waals surface area (Å²) in [6, 6.07) is 6.11. The van der Waals surface area contributed by atoms with Crippen molar-refractivity contribution < 1.29 is 35.9 Å². The third kappa shape index (κ3) is 6.45. The van der Waals surface area contributed by atoms with Crippen LogP contribution < -0.4 is 4.90 Å². The zero-order valence-electron chi connectivity index (χ0n) is 18.7. The number of benzene rings is 1. The number of halogens is 6.